The van der Waals surface area contributed by atoms with Crippen LogP contribution in [0.15, 0.2) is 56.7 Å². The van der Waals surface area contributed by atoms with Crippen LogP contribution in [0.2, 0.25) is 0 Å². The summed E-state index contributed by atoms with van der Waals surface area (Å²) < 4.78 is 7.82. The van der Waals surface area contributed by atoms with E-state index in [1.165, 1.54) is 23.9 Å². The summed E-state index contributed by atoms with van der Waals surface area (Å²) in [7, 11) is 2.95. The summed E-state index contributed by atoms with van der Waals surface area (Å²) in [4.78, 5) is 50.5. The molecule has 1 saturated heterocycles. The highest BCUT2D eigenvalue weighted by Crippen LogP contribution is 2.24. The Labute approximate surface area is 200 Å². The van der Waals surface area contributed by atoms with Crippen LogP contribution in [0.5, 0.6) is 0 Å². The summed E-state index contributed by atoms with van der Waals surface area (Å²) in [6.45, 7) is 4.28. The van der Waals surface area contributed by atoms with Crippen molar-refractivity contribution in [3.05, 3.63) is 74.9 Å². The van der Waals surface area contributed by atoms with Gasteiger partial charge in [-0.05, 0) is 13.0 Å². The summed E-state index contributed by atoms with van der Waals surface area (Å²) in [6.07, 6.45) is 1.42. The van der Waals surface area contributed by atoms with E-state index in [4.69, 9.17) is 4.52 Å². The van der Waals surface area contributed by atoms with Gasteiger partial charge in [0, 0.05) is 52.0 Å². The smallest absolute Gasteiger partial charge is 0.332 e. The first kappa shape index (κ1) is 22.7. The van der Waals surface area contributed by atoms with Crippen molar-refractivity contribution in [3.8, 4) is 11.4 Å². The summed E-state index contributed by atoms with van der Waals surface area (Å²) >= 11 is 0. The number of nitrogens with zero attached hydrogens (tertiary/aromatic N) is 7. The van der Waals surface area contributed by atoms with Crippen molar-refractivity contribution in [3.63, 3.8) is 0 Å². The van der Waals surface area contributed by atoms with Gasteiger partial charge in [-0.3, -0.25) is 23.6 Å². The van der Waals surface area contributed by atoms with Crippen LogP contribution in [-0.2, 0) is 14.1 Å². The second-order valence-electron chi connectivity index (χ2n) is 8.63. The Morgan fingerprint density at radius 1 is 1.03 bits per heavy atom. The largest absolute Gasteiger partial charge is 0.337 e. The minimum atomic E-state index is -0.474. The van der Waals surface area contributed by atoms with Crippen LogP contribution in [0, 0.1) is 0 Å². The number of aryl methyl sites for hydroxylation is 1. The minimum Gasteiger partial charge on any atom is -0.337 e. The van der Waals surface area contributed by atoms with E-state index in [9.17, 15) is 14.4 Å². The van der Waals surface area contributed by atoms with E-state index < -0.39 is 11.2 Å². The molecule has 5 rings (SSSR count). The molecule has 0 aliphatic carbocycles. The Balaban J connectivity index is 1.29. The zero-order chi connectivity index (χ0) is 24.7. The molecule has 35 heavy (non-hydrogen) atoms. The van der Waals surface area contributed by atoms with Gasteiger partial charge in [0.05, 0.1) is 17.0 Å². The third kappa shape index (κ3) is 4.03. The number of carbonyl (C=O) groups is 1. The van der Waals surface area contributed by atoms with E-state index in [2.05, 4.69) is 20.0 Å². The summed E-state index contributed by atoms with van der Waals surface area (Å²) in [5, 5.41) is 4.34. The van der Waals surface area contributed by atoms with Gasteiger partial charge in [0.15, 0.2) is 0 Å². The molecular formula is C24H25N7O4. The van der Waals surface area contributed by atoms with E-state index in [0.29, 0.717) is 43.5 Å². The number of amides is 1. The van der Waals surface area contributed by atoms with Gasteiger partial charge < -0.3 is 9.42 Å². The fraction of sp³-hybridized carbons (Fsp3) is 0.333. The van der Waals surface area contributed by atoms with Gasteiger partial charge in [-0.15, -0.1) is 0 Å². The van der Waals surface area contributed by atoms with Gasteiger partial charge in [-0.2, -0.15) is 4.98 Å². The fourth-order valence-electron chi connectivity index (χ4n) is 4.34. The predicted octanol–water partition coefficient (Wildman–Crippen LogP) is 1.20. The number of carbonyl (C=O) groups excluding carboxylic acids is 1. The van der Waals surface area contributed by atoms with E-state index in [1.54, 1.807) is 11.9 Å². The van der Waals surface area contributed by atoms with E-state index in [-0.39, 0.29) is 23.0 Å². The molecule has 4 heterocycles. The summed E-state index contributed by atoms with van der Waals surface area (Å²) in [5.74, 6) is 0.879. The Morgan fingerprint density at radius 2 is 1.74 bits per heavy atom. The number of hydrogen-bond donors (Lipinski definition) is 0. The van der Waals surface area contributed by atoms with Crippen molar-refractivity contribution in [1.29, 1.82) is 0 Å². The molecule has 1 amide bonds. The molecule has 1 fully saturated rings. The summed E-state index contributed by atoms with van der Waals surface area (Å²) in [5.41, 5.74) is 0.528. The number of hydrogen-bond acceptors (Lipinski definition) is 8. The zero-order valence-electron chi connectivity index (χ0n) is 19.7. The second-order valence-corrected chi connectivity index (χ2v) is 8.63. The molecule has 0 saturated carbocycles. The molecule has 1 unspecified atom stereocenters. The normalized spacial score (nSPS) is 15.5. The van der Waals surface area contributed by atoms with E-state index >= 15 is 0 Å². The van der Waals surface area contributed by atoms with Crippen LogP contribution in [0.25, 0.3) is 22.4 Å². The molecule has 4 aromatic rings. The molecule has 11 nitrogen and oxygen atoms in total. The van der Waals surface area contributed by atoms with Gasteiger partial charge >= 0.3 is 5.69 Å². The highest BCUT2D eigenvalue weighted by atomic mass is 16.5. The third-order valence-electron chi connectivity index (χ3n) is 6.52. The quantitative estimate of drug-likeness (QED) is 0.432. The number of piperazine rings is 1. The van der Waals surface area contributed by atoms with Gasteiger partial charge in [-0.1, -0.05) is 35.5 Å². The zero-order valence-corrected chi connectivity index (χ0v) is 19.7. The first-order valence-corrected chi connectivity index (χ1v) is 11.3. The number of benzene rings is 1. The molecule has 180 valence electrons. The van der Waals surface area contributed by atoms with Gasteiger partial charge in [0.1, 0.15) is 5.65 Å². The van der Waals surface area contributed by atoms with Crippen LogP contribution in [0.3, 0.4) is 0 Å². The van der Waals surface area contributed by atoms with Crippen LogP contribution >= 0.6 is 0 Å². The first-order valence-electron chi connectivity index (χ1n) is 11.3. The maximum Gasteiger partial charge on any atom is 0.332 e. The molecule has 1 aliphatic rings. The van der Waals surface area contributed by atoms with Crippen LogP contribution < -0.4 is 11.2 Å². The number of rotatable bonds is 4. The molecule has 0 bridgehead atoms. The fourth-order valence-corrected chi connectivity index (χ4v) is 4.34. The number of aromatic nitrogens is 5. The maximum atomic E-state index is 13.1. The van der Waals surface area contributed by atoms with Crippen LogP contribution in [0.1, 0.15) is 29.2 Å². The maximum absolute atomic E-state index is 13.1. The number of fused-ring (bicyclic) bond motifs is 1. The van der Waals surface area contributed by atoms with Gasteiger partial charge in [0.25, 0.3) is 11.5 Å². The Bertz CT molecular complexity index is 1510. The lowest BCUT2D eigenvalue weighted by atomic mass is 10.1. The lowest BCUT2D eigenvalue weighted by Crippen LogP contribution is -2.49. The molecule has 1 aliphatic heterocycles. The Hall–Kier alpha value is -4.12. The molecule has 0 radical (unpaired) electrons. The Morgan fingerprint density at radius 3 is 2.46 bits per heavy atom. The van der Waals surface area contributed by atoms with Crippen LogP contribution in [0.4, 0.5) is 0 Å². The highest BCUT2D eigenvalue weighted by Gasteiger charge is 2.28. The van der Waals surface area contributed by atoms with Crippen molar-refractivity contribution in [1.82, 2.24) is 34.1 Å². The summed E-state index contributed by atoms with van der Waals surface area (Å²) in [6, 6.07) is 11.1. The van der Waals surface area contributed by atoms with Crippen molar-refractivity contribution >= 4 is 16.9 Å². The SMILES string of the molecule is CC(c1nc(-c2ccccc2)no1)N1CCN(C(=O)c2cnc3c(c2)c(=O)n(C)c(=O)n3C)CC1. The molecular weight excluding hydrogens is 450 g/mol. The lowest BCUT2D eigenvalue weighted by Gasteiger charge is -2.36. The molecule has 3 aromatic heterocycles. The predicted molar refractivity (Wildman–Crippen MR) is 128 cm³/mol. The molecule has 0 N–H and O–H groups in total. The number of pyridine rings is 1. The second kappa shape index (κ2) is 8.91. The van der Waals surface area contributed by atoms with E-state index in [0.717, 1.165) is 10.1 Å². The molecule has 0 spiro atoms. The van der Waals surface area contributed by atoms with Crippen LogP contribution in [-0.4, -0.2) is 66.1 Å². The van der Waals surface area contributed by atoms with Crippen molar-refractivity contribution in [2.24, 2.45) is 14.1 Å². The van der Waals surface area contributed by atoms with E-state index in [1.807, 2.05) is 37.3 Å². The molecule has 1 atom stereocenters. The molecule has 11 heteroatoms. The van der Waals surface area contributed by atoms with Crippen molar-refractivity contribution < 1.29 is 9.32 Å². The topological polar surface area (TPSA) is 119 Å². The highest BCUT2D eigenvalue weighted by molar-refractivity contribution is 5.96. The van der Waals surface area contributed by atoms with Gasteiger partial charge in [-0.25, -0.2) is 9.78 Å². The molecule has 1 aromatic carbocycles. The average molecular weight is 476 g/mol. The Kier molecular flexibility index (Phi) is 5.77. The monoisotopic (exact) mass is 475 g/mol. The lowest BCUT2D eigenvalue weighted by molar-refractivity contribution is 0.0551. The van der Waals surface area contributed by atoms with Crippen molar-refractivity contribution in [2.75, 3.05) is 26.2 Å². The third-order valence-corrected chi connectivity index (χ3v) is 6.52. The average Bonchev–Trinajstić information content (AvgIpc) is 3.40. The minimum absolute atomic E-state index is 0.0936. The standard InChI is InChI=1S/C24H25N7O4/c1-15(21-26-19(27-35-21)16-7-5-4-6-8-16)30-9-11-31(12-10-30)22(32)17-13-18-20(25-14-17)28(2)24(34)29(3)23(18)33/h4-8,13-15H,9-12H2,1-3H3. The first-order chi connectivity index (χ1) is 16.8. The van der Waals surface area contributed by atoms with Crippen molar-refractivity contribution in [2.45, 2.75) is 13.0 Å². The van der Waals surface area contributed by atoms with Gasteiger partial charge in [0.2, 0.25) is 11.7 Å².